The van der Waals surface area contributed by atoms with Crippen LogP contribution in [0.1, 0.15) is 18.4 Å². The minimum absolute atomic E-state index is 0.862. The van der Waals surface area contributed by atoms with Gasteiger partial charge in [-0.1, -0.05) is 24.3 Å². The predicted octanol–water partition coefficient (Wildman–Crippen LogP) is 2.46. The van der Waals surface area contributed by atoms with Gasteiger partial charge >= 0.3 is 0 Å². The smallest absolute Gasteiger partial charge is 0.0506 e. The number of benzene rings is 1. The fourth-order valence-corrected chi connectivity index (χ4v) is 1.31. The lowest BCUT2D eigenvalue weighted by Crippen LogP contribution is -2.01. The molecule has 13 heavy (non-hydrogen) atoms. The molecule has 0 N–H and O–H groups in total. The molecule has 1 saturated carbocycles. The Morgan fingerprint density at radius 3 is 2.77 bits per heavy atom. The highest BCUT2D eigenvalue weighted by atomic mass is 16.5. The summed E-state index contributed by atoms with van der Waals surface area (Å²) in [5.41, 5.74) is 1.34. The van der Waals surface area contributed by atoms with Gasteiger partial charge in [0.25, 0.3) is 0 Å². The molecule has 1 fully saturated rings. The summed E-state index contributed by atoms with van der Waals surface area (Å²) in [6, 6.07) is 11.1. The summed E-state index contributed by atoms with van der Waals surface area (Å²) in [6.07, 6.45) is 3.78. The lowest BCUT2D eigenvalue weighted by molar-refractivity contribution is 0.127. The Kier molecular flexibility index (Phi) is 2.98. The van der Waals surface area contributed by atoms with Gasteiger partial charge < -0.3 is 4.74 Å². The lowest BCUT2D eigenvalue weighted by Gasteiger charge is -2.02. The van der Waals surface area contributed by atoms with Crippen molar-refractivity contribution in [1.82, 2.24) is 0 Å². The van der Waals surface area contributed by atoms with Gasteiger partial charge in [0, 0.05) is 6.61 Å². The second-order valence-corrected chi connectivity index (χ2v) is 3.68. The summed E-state index contributed by atoms with van der Waals surface area (Å²) in [4.78, 5) is 0. The van der Waals surface area contributed by atoms with Gasteiger partial charge in [0.1, 0.15) is 0 Å². The van der Waals surface area contributed by atoms with Crippen LogP contribution < -0.4 is 0 Å². The van der Waals surface area contributed by atoms with Gasteiger partial charge in [-0.05, 0) is 36.8 Å². The SMILES string of the molecule is [c]1ccc(CCOCC2CC2)cc1. The van der Waals surface area contributed by atoms with E-state index in [1.165, 1.54) is 18.4 Å². The van der Waals surface area contributed by atoms with E-state index < -0.39 is 0 Å². The zero-order valence-corrected chi connectivity index (χ0v) is 7.83. The maximum absolute atomic E-state index is 5.55. The van der Waals surface area contributed by atoms with Crippen LogP contribution in [0.25, 0.3) is 0 Å². The van der Waals surface area contributed by atoms with Crippen LogP contribution in [0, 0.1) is 12.0 Å². The van der Waals surface area contributed by atoms with Gasteiger partial charge in [0.15, 0.2) is 0 Å². The van der Waals surface area contributed by atoms with E-state index in [4.69, 9.17) is 4.74 Å². The van der Waals surface area contributed by atoms with Crippen LogP contribution >= 0.6 is 0 Å². The van der Waals surface area contributed by atoms with Crippen LogP contribution in [-0.2, 0) is 11.2 Å². The number of ether oxygens (including phenoxy) is 1. The van der Waals surface area contributed by atoms with Gasteiger partial charge in [0.05, 0.1) is 6.61 Å². The molecule has 1 aromatic carbocycles. The van der Waals surface area contributed by atoms with Crippen LogP contribution in [0.15, 0.2) is 24.3 Å². The van der Waals surface area contributed by atoms with E-state index in [-0.39, 0.29) is 0 Å². The summed E-state index contributed by atoms with van der Waals surface area (Å²) in [5.74, 6) is 0.879. The molecule has 2 rings (SSSR count). The van der Waals surface area contributed by atoms with Gasteiger partial charge in [0.2, 0.25) is 0 Å². The molecule has 0 unspecified atom stereocenters. The summed E-state index contributed by atoms with van der Waals surface area (Å²) in [5, 5.41) is 0. The number of hydrogen-bond donors (Lipinski definition) is 0. The summed E-state index contributed by atoms with van der Waals surface area (Å²) < 4.78 is 5.55. The highest BCUT2D eigenvalue weighted by molar-refractivity contribution is 5.13. The standard InChI is InChI=1S/C12H15O/c1-2-4-11(5-3-1)8-9-13-10-12-6-7-12/h2-5,12H,6-10H2. The highest BCUT2D eigenvalue weighted by Crippen LogP contribution is 2.28. The highest BCUT2D eigenvalue weighted by Gasteiger charge is 2.20. The topological polar surface area (TPSA) is 9.23 Å². The molecule has 0 bridgehead atoms. The Morgan fingerprint density at radius 2 is 2.08 bits per heavy atom. The molecule has 0 aromatic heterocycles. The third kappa shape index (κ3) is 3.19. The van der Waals surface area contributed by atoms with Crippen LogP contribution in [0.2, 0.25) is 0 Å². The average Bonchev–Trinajstić information content (AvgIpc) is 2.98. The maximum Gasteiger partial charge on any atom is 0.0506 e. The van der Waals surface area contributed by atoms with Crippen molar-refractivity contribution in [2.24, 2.45) is 5.92 Å². The zero-order chi connectivity index (χ0) is 8.93. The Morgan fingerprint density at radius 1 is 1.31 bits per heavy atom. The third-order valence-electron chi connectivity index (χ3n) is 2.37. The molecule has 69 valence electrons. The van der Waals surface area contributed by atoms with Crippen molar-refractivity contribution >= 4 is 0 Å². The first-order valence-corrected chi connectivity index (χ1v) is 4.98. The van der Waals surface area contributed by atoms with Crippen LogP contribution in [0.5, 0.6) is 0 Å². The molecule has 1 radical (unpaired) electrons. The van der Waals surface area contributed by atoms with E-state index in [2.05, 4.69) is 18.2 Å². The normalized spacial score (nSPS) is 16.0. The largest absolute Gasteiger partial charge is 0.381 e. The summed E-state index contributed by atoms with van der Waals surface area (Å²) >= 11 is 0. The number of rotatable bonds is 5. The fraction of sp³-hybridized carbons (Fsp3) is 0.500. The van der Waals surface area contributed by atoms with Crippen molar-refractivity contribution in [1.29, 1.82) is 0 Å². The van der Waals surface area contributed by atoms with Gasteiger partial charge in [-0.3, -0.25) is 0 Å². The van der Waals surface area contributed by atoms with Gasteiger partial charge in [-0.15, -0.1) is 0 Å². The van der Waals surface area contributed by atoms with E-state index >= 15 is 0 Å². The van der Waals surface area contributed by atoms with Crippen LogP contribution in [-0.4, -0.2) is 13.2 Å². The predicted molar refractivity (Wildman–Crippen MR) is 52.5 cm³/mol. The van der Waals surface area contributed by atoms with Crippen molar-refractivity contribution in [2.45, 2.75) is 19.3 Å². The maximum atomic E-state index is 5.55. The lowest BCUT2D eigenvalue weighted by atomic mass is 10.2. The van der Waals surface area contributed by atoms with Crippen molar-refractivity contribution in [2.75, 3.05) is 13.2 Å². The molecule has 0 spiro atoms. The molecule has 1 heteroatoms. The Bertz CT molecular complexity index is 239. The minimum atomic E-state index is 0.862. The Labute approximate surface area is 79.7 Å². The van der Waals surface area contributed by atoms with Crippen LogP contribution in [0.4, 0.5) is 0 Å². The van der Waals surface area contributed by atoms with Crippen LogP contribution in [0.3, 0.4) is 0 Å². The molecule has 1 aliphatic carbocycles. The first-order chi connectivity index (χ1) is 6.45. The quantitative estimate of drug-likeness (QED) is 0.625. The molecule has 0 heterocycles. The molecule has 0 aliphatic heterocycles. The van der Waals surface area contributed by atoms with E-state index in [0.717, 1.165) is 25.6 Å². The minimum Gasteiger partial charge on any atom is -0.381 e. The molecule has 0 atom stereocenters. The average molecular weight is 175 g/mol. The molecule has 0 amide bonds. The molecular weight excluding hydrogens is 160 g/mol. The van der Waals surface area contributed by atoms with Gasteiger partial charge in [-0.25, -0.2) is 0 Å². The van der Waals surface area contributed by atoms with Crippen molar-refractivity contribution in [3.05, 3.63) is 35.9 Å². The Hall–Kier alpha value is -0.820. The summed E-state index contributed by atoms with van der Waals surface area (Å²) in [7, 11) is 0. The van der Waals surface area contributed by atoms with E-state index in [0.29, 0.717) is 0 Å². The summed E-state index contributed by atoms with van der Waals surface area (Å²) in [6.45, 7) is 1.83. The second-order valence-electron chi connectivity index (χ2n) is 3.68. The van der Waals surface area contributed by atoms with E-state index in [1.807, 2.05) is 12.1 Å². The molecule has 0 saturated heterocycles. The van der Waals surface area contributed by atoms with Gasteiger partial charge in [-0.2, -0.15) is 0 Å². The third-order valence-corrected chi connectivity index (χ3v) is 2.37. The molecule has 1 nitrogen and oxygen atoms in total. The van der Waals surface area contributed by atoms with E-state index in [9.17, 15) is 0 Å². The Balaban J connectivity index is 1.61. The zero-order valence-electron chi connectivity index (χ0n) is 7.83. The van der Waals surface area contributed by atoms with Crippen molar-refractivity contribution < 1.29 is 4.74 Å². The van der Waals surface area contributed by atoms with Crippen molar-refractivity contribution in [3.8, 4) is 0 Å². The molecule has 1 aliphatic rings. The monoisotopic (exact) mass is 175 g/mol. The second kappa shape index (κ2) is 4.43. The molecular formula is C12H15O. The molecule has 1 aromatic rings. The first-order valence-electron chi connectivity index (χ1n) is 4.98. The van der Waals surface area contributed by atoms with E-state index in [1.54, 1.807) is 0 Å². The van der Waals surface area contributed by atoms with Crippen molar-refractivity contribution in [3.63, 3.8) is 0 Å². The number of hydrogen-bond acceptors (Lipinski definition) is 1. The fourth-order valence-electron chi connectivity index (χ4n) is 1.31. The first kappa shape index (κ1) is 8.76.